The Morgan fingerprint density at radius 3 is 2.26 bits per heavy atom. The van der Waals surface area contributed by atoms with Gasteiger partial charge in [-0.1, -0.05) is 26.0 Å². The van der Waals surface area contributed by atoms with Crippen LogP contribution in [0.25, 0.3) is 5.57 Å². The highest BCUT2D eigenvalue weighted by Crippen LogP contribution is 2.34. The maximum absolute atomic E-state index is 12.0. The molecule has 5 heteroatoms. The Morgan fingerprint density at radius 1 is 1.16 bits per heavy atom. The summed E-state index contributed by atoms with van der Waals surface area (Å²) in [4.78, 5) is 23.9. The van der Waals surface area contributed by atoms with Gasteiger partial charge in [0.05, 0.1) is 5.57 Å². The van der Waals surface area contributed by atoms with Crippen LogP contribution in [0.3, 0.4) is 0 Å². The summed E-state index contributed by atoms with van der Waals surface area (Å²) >= 11 is 0. The number of carbonyl (C=O) groups is 2. The molecule has 0 fully saturated rings. The summed E-state index contributed by atoms with van der Waals surface area (Å²) in [6, 6.07) is 5.98. The van der Waals surface area contributed by atoms with Gasteiger partial charge in [0.2, 0.25) is 0 Å². The molecule has 0 radical (unpaired) electrons. The molecule has 1 aliphatic rings. The molecule has 2 amide bonds. The third kappa shape index (κ3) is 2.13. The van der Waals surface area contributed by atoms with E-state index in [1.54, 1.807) is 12.1 Å². The van der Waals surface area contributed by atoms with Gasteiger partial charge in [-0.25, -0.2) is 0 Å². The van der Waals surface area contributed by atoms with Gasteiger partial charge in [0.1, 0.15) is 5.75 Å². The third-order valence-electron chi connectivity index (χ3n) is 3.36. The molecule has 0 saturated carbocycles. The van der Waals surface area contributed by atoms with Crippen molar-refractivity contribution in [2.45, 2.75) is 20.3 Å². The molecule has 1 aromatic rings. The molecule has 1 atom stereocenters. The lowest BCUT2D eigenvalue weighted by molar-refractivity contribution is -0.169. The van der Waals surface area contributed by atoms with Crippen molar-refractivity contribution in [3.8, 4) is 5.75 Å². The van der Waals surface area contributed by atoms with Crippen molar-refractivity contribution in [2.75, 3.05) is 0 Å². The second-order valence-corrected chi connectivity index (χ2v) is 4.57. The molecule has 2 rings (SSSR count). The highest BCUT2D eigenvalue weighted by atomic mass is 16.5. The van der Waals surface area contributed by atoms with Gasteiger partial charge in [-0.2, -0.15) is 0 Å². The number of hydroxylamine groups is 2. The number of rotatable bonds is 3. The molecule has 0 spiro atoms. The van der Waals surface area contributed by atoms with Crippen LogP contribution in [0.1, 0.15) is 25.8 Å². The number of hydrogen-bond donors (Lipinski definition) is 2. The molecule has 2 N–H and O–H groups in total. The van der Waals surface area contributed by atoms with Crippen LogP contribution in [-0.2, 0) is 9.59 Å². The number of phenolic OH excluding ortho intramolecular Hbond substituents is 1. The average molecular weight is 261 g/mol. The molecule has 1 aromatic carbocycles. The van der Waals surface area contributed by atoms with Crippen molar-refractivity contribution in [1.82, 2.24) is 5.06 Å². The van der Waals surface area contributed by atoms with Gasteiger partial charge >= 0.3 is 0 Å². The van der Waals surface area contributed by atoms with Crippen molar-refractivity contribution in [1.29, 1.82) is 0 Å². The Morgan fingerprint density at radius 2 is 1.74 bits per heavy atom. The van der Waals surface area contributed by atoms with E-state index < -0.39 is 11.8 Å². The average Bonchev–Trinajstić information content (AvgIpc) is 2.63. The fourth-order valence-corrected chi connectivity index (χ4v) is 2.10. The van der Waals surface area contributed by atoms with E-state index in [0.717, 1.165) is 0 Å². The zero-order valence-electron chi connectivity index (χ0n) is 10.8. The van der Waals surface area contributed by atoms with Gasteiger partial charge < -0.3 is 5.11 Å². The summed E-state index contributed by atoms with van der Waals surface area (Å²) in [7, 11) is 0. The maximum atomic E-state index is 12.0. The number of hydrogen-bond acceptors (Lipinski definition) is 4. The topological polar surface area (TPSA) is 77.8 Å². The second kappa shape index (κ2) is 4.85. The molecule has 0 unspecified atom stereocenters. The van der Waals surface area contributed by atoms with E-state index in [9.17, 15) is 19.9 Å². The van der Waals surface area contributed by atoms with E-state index in [-0.39, 0.29) is 22.3 Å². The highest BCUT2D eigenvalue weighted by molar-refractivity contribution is 6.35. The summed E-state index contributed by atoms with van der Waals surface area (Å²) in [6.07, 6.45) is 0.684. The minimum atomic E-state index is -0.717. The quantitative estimate of drug-likeness (QED) is 0.644. The second-order valence-electron chi connectivity index (χ2n) is 4.57. The first-order valence-electron chi connectivity index (χ1n) is 6.08. The first kappa shape index (κ1) is 13.3. The number of benzene rings is 1. The predicted octanol–water partition coefficient (Wildman–Crippen LogP) is 1.95. The number of phenols is 1. The Bertz CT molecular complexity index is 559. The van der Waals surface area contributed by atoms with Crippen LogP contribution in [0.2, 0.25) is 0 Å². The van der Waals surface area contributed by atoms with E-state index in [1.165, 1.54) is 12.1 Å². The van der Waals surface area contributed by atoms with Crippen molar-refractivity contribution < 1.29 is 19.9 Å². The smallest absolute Gasteiger partial charge is 0.285 e. The number of imide groups is 1. The minimum Gasteiger partial charge on any atom is -0.508 e. The molecule has 0 aliphatic carbocycles. The van der Waals surface area contributed by atoms with Crippen LogP contribution < -0.4 is 0 Å². The van der Waals surface area contributed by atoms with Gasteiger partial charge in [0.25, 0.3) is 11.8 Å². The molecule has 0 bridgehead atoms. The predicted molar refractivity (Wildman–Crippen MR) is 68.1 cm³/mol. The van der Waals surface area contributed by atoms with Gasteiger partial charge in [-0.05, 0) is 30.0 Å². The summed E-state index contributed by atoms with van der Waals surface area (Å²) in [5.41, 5.74) is 1.05. The Hall–Kier alpha value is -2.14. The van der Waals surface area contributed by atoms with Gasteiger partial charge in [-0.3, -0.25) is 14.8 Å². The molecular weight excluding hydrogens is 246 g/mol. The Balaban J connectivity index is 2.59. The summed E-state index contributed by atoms with van der Waals surface area (Å²) in [6.45, 7) is 3.74. The first-order chi connectivity index (χ1) is 8.97. The van der Waals surface area contributed by atoms with E-state index in [4.69, 9.17) is 0 Å². The van der Waals surface area contributed by atoms with Crippen molar-refractivity contribution in [3.63, 3.8) is 0 Å². The lowest BCUT2D eigenvalue weighted by Crippen LogP contribution is -2.28. The zero-order chi connectivity index (χ0) is 14.2. The fourth-order valence-electron chi connectivity index (χ4n) is 2.10. The monoisotopic (exact) mass is 261 g/mol. The van der Waals surface area contributed by atoms with Crippen LogP contribution in [0.4, 0.5) is 0 Å². The van der Waals surface area contributed by atoms with Crippen molar-refractivity contribution in [2.24, 2.45) is 5.92 Å². The van der Waals surface area contributed by atoms with Gasteiger partial charge in [0.15, 0.2) is 0 Å². The van der Waals surface area contributed by atoms with E-state index in [0.29, 0.717) is 17.6 Å². The first-order valence-corrected chi connectivity index (χ1v) is 6.08. The number of nitrogens with zero attached hydrogens (tertiary/aromatic N) is 1. The number of aromatic hydroxyl groups is 1. The van der Waals surface area contributed by atoms with Crippen LogP contribution in [-0.4, -0.2) is 27.2 Å². The molecule has 1 aliphatic heterocycles. The van der Waals surface area contributed by atoms with Crippen LogP contribution in [0.5, 0.6) is 5.75 Å². The van der Waals surface area contributed by atoms with Crippen LogP contribution >= 0.6 is 0 Å². The molecular formula is C14H15NO4. The number of carbonyl (C=O) groups excluding carboxylic acids is 2. The molecule has 1 heterocycles. The van der Waals surface area contributed by atoms with Crippen molar-refractivity contribution in [3.05, 3.63) is 35.4 Å². The minimum absolute atomic E-state index is 0.0760. The molecule has 5 nitrogen and oxygen atoms in total. The molecule has 0 saturated heterocycles. The lowest BCUT2D eigenvalue weighted by Gasteiger charge is -2.10. The molecule has 100 valence electrons. The molecule has 0 aromatic heterocycles. The van der Waals surface area contributed by atoms with E-state index in [2.05, 4.69) is 0 Å². The van der Waals surface area contributed by atoms with Gasteiger partial charge in [-0.15, -0.1) is 5.06 Å². The van der Waals surface area contributed by atoms with Crippen molar-refractivity contribution >= 4 is 17.4 Å². The SMILES string of the molecule is CC[C@H](C)C1=C(c2ccc(O)cc2)C(=O)N(O)C1=O. The fraction of sp³-hybridized carbons (Fsp3) is 0.286. The Labute approximate surface area is 110 Å². The Kier molecular flexibility index (Phi) is 3.40. The summed E-state index contributed by atoms with van der Waals surface area (Å²) < 4.78 is 0. The number of amides is 2. The van der Waals surface area contributed by atoms with Crippen LogP contribution in [0, 0.1) is 5.92 Å². The van der Waals surface area contributed by atoms with Crippen LogP contribution in [0.15, 0.2) is 29.8 Å². The van der Waals surface area contributed by atoms with E-state index >= 15 is 0 Å². The third-order valence-corrected chi connectivity index (χ3v) is 3.36. The lowest BCUT2D eigenvalue weighted by atomic mass is 9.91. The summed E-state index contributed by atoms with van der Waals surface area (Å²) in [5, 5.41) is 18.9. The summed E-state index contributed by atoms with van der Waals surface area (Å²) in [5.74, 6) is -1.43. The largest absolute Gasteiger partial charge is 0.508 e. The zero-order valence-corrected chi connectivity index (χ0v) is 10.8. The molecule has 19 heavy (non-hydrogen) atoms. The highest BCUT2D eigenvalue weighted by Gasteiger charge is 2.40. The van der Waals surface area contributed by atoms with Gasteiger partial charge in [0, 0.05) is 5.57 Å². The van der Waals surface area contributed by atoms with E-state index in [1.807, 2.05) is 13.8 Å². The normalized spacial score (nSPS) is 17.3. The standard InChI is InChI=1S/C14H15NO4/c1-3-8(2)11-12(14(18)15(19)13(11)17)9-4-6-10(16)7-5-9/h4-8,16,19H,3H2,1-2H3/t8-/m0/s1. The maximum Gasteiger partial charge on any atom is 0.285 e.